The first kappa shape index (κ1) is 12.5. The van der Waals surface area contributed by atoms with Crippen molar-refractivity contribution in [1.82, 2.24) is 10.2 Å². The molecule has 2 fully saturated rings. The van der Waals surface area contributed by atoms with Gasteiger partial charge in [-0.3, -0.25) is 14.5 Å². The molecule has 1 aliphatic carbocycles. The highest BCUT2D eigenvalue weighted by atomic mass is 16.3. The van der Waals surface area contributed by atoms with Gasteiger partial charge in [-0.25, -0.2) is 0 Å². The summed E-state index contributed by atoms with van der Waals surface area (Å²) in [6, 6.07) is 0. The maximum Gasteiger partial charge on any atom is 0.232 e. The third-order valence-corrected chi connectivity index (χ3v) is 3.62. The quantitative estimate of drug-likeness (QED) is 0.513. The third-order valence-electron chi connectivity index (χ3n) is 3.62. The fourth-order valence-corrected chi connectivity index (χ4v) is 2.70. The van der Waals surface area contributed by atoms with Gasteiger partial charge in [-0.15, -0.1) is 0 Å². The van der Waals surface area contributed by atoms with E-state index in [4.69, 9.17) is 5.11 Å². The highest BCUT2D eigenvalue weighted by Gasteiger charge is 2.44. The Morgan fingerprint density at radius 2 is 1.94 bits per heavy atom. The van der Waals surface area contributed by atoms with Crippen LogP contribution in [0, 0.1) is 11.8 Å². The molecule has 0 spiro atoms. The van der Waals surface area contributed by atoms with E-state index in [1.807, 2.05) is 0 Å². The Balaban J connectivity index is 1.83. The first-order valence-electron chi connectivity index (χ1n) is 6.33. The second-order valence-corrected chi connectivity index (χ2v) is 5.09. The van der Waals surface area contributed by atoms with Crippen LogP contribution >= 0.6 is 0 Å². The molecule has 96 valence electrons. The lowest BCUT2D eigenvalue weighted by Crippen LogP contribution is -2.49. The van der Waals surface area contributed by atoms with Gasteiger partial charge in [0.1, 0.15) is 0 Å². The predicted octanol–water partition coefficient (Wildman–Crippen LogP) is -0.258. The van der Waals surface area contributed by atoms with Crippen LogP contribution in [-0.2, 0) is 9.59 Å². The lowest BCUT2D eigenvalue weighted by atomic mass is 9.97. The van der Waals surface area contributed by atoms with Crippen molar-refractivity contribution in [2.45, 2.75) is 32.3 Å². The summed E-state index contributed by atoms with van der Waals surface area (Å²) in [5, 5.41) is 12.1. The SMILES string of the molecule is CC(O)CNCCN1C(=O)C2CCC(C2)C1=O. The van der Waals surface area contributed by atoms with Gasteiger partial charge in [0.15, 0.2) is 0 Å². The second-order valence-electron chi connectivity index (χ2n) is 5.09. The molecule has 1 heterocycles. The van der Waals surface area contributed by atoms with Gasteiger partial charge in [0.25, 0.3) is 0 Å². The van der Waals surface area contributed by atoms with Crippen molar-refractivity contribution in [2.75, 3.05) is 19.6 Å². The molecule has 2 aliphatic rings. The Labute approximate surface area is 101 Å². The summed E-state index contributed by atoms with van der Waals surface area (Å²) >= 11 is 0. The minimum absolute atomic E-state index is 0.00240. The van der Waals surface area contributed by atoms with E-state index in [9.17, 15) is 9.59 Å². The minimum Gasteiger partial charge on any atom is -0.392 e. The molecular formula is C12H20N2O3. The zero-order valence-corrected chi connectivity index (χ0v) is 10.2. The molecule has 0 aromatic heterocycles. The van der Waals surface area contributed by atoms with Crippen molar-refractivity contribution in [3.8, 4) is 0 Å². The summed E-state index contributed by atoms with van der Waals surface area (Å²) in [6.45, 7) is 3.17. The van der Waals surface area contributed by atoms with E-state index in [2.05, 4.69) is 5.32 Å². The molecule has 3 unspecified atom stereocenters. The molecule has 1 saturated carbocycles. The maximum atomic E-state index is 11.9. The Morgan fingerprint density at radius 3 is 2.47 bits per heavy atom. The van der Waals surface area contributed by atoms with Crippen LogP contribution in [0.3, 0.4) is 0 Å². The Hall–Kier alpha value is -0.940. The molecule has 1 aliphatic heterocycles. The number of likely N-dealkylation sites (tertiary alicyclic amines) is 1. The normalized spacial score (nSPS) is 29.9. The zero-order valence-electron chi connectivity index (χ0n) is 10.2. The number of amides is 2. The van der Waals surface area contributed by atoms with Gasteiger partial charge < -0.3 is 10.4 Å². The number of piperidine rings is 1. The average molecular weight is 240 g/mol. The molecule has 0 aromatic carbocycles. The summed E-state index contributed by atoms with van der Waals surface area (Å²) in [5.41, 5.74) is 0. The summed E-state index contributed by atoms with van der Waals surface area (Å²) in [4.78, 5) is 25.3. The molecule has 3 atom stereocenters. The van der Waals surface area contributed by atoms with Crippen LogP contribution in [0.4, 0.5) is 0 Å². The summed E-state index contributed by atoms with van der Waals surface area (Å²) in [6.07, 6.45) is 2.09. The Kier molecular flexibility index (Phi) is 3.79. The van der Waals surface area contributed by atoms with Crippen LogP contribution in [0.25, 0.3) is 0 Å². The van der Waals surface area contributed by atoms with E-state index in [1.165, 1.54) is 4.90 Å². The monoisotopic (exact) mass is 240 g/mol. The smallest absolute Gasteiger partial charge is 0.232 e. The number of aliphatic hydroxyl groups excluding tert-OH is 1. The van der Waals surface area contributed by atoms with E-state index in [0.717, 1.165) is 19.3 Å². The lowest BCUT2D eigenvalue weighted by Gasteiger charge is -2.29. The third kappa shape index (κ3) is 2.66. The molecule has 5 nitrogen and oxygen atoms in total. The standard InChI is InChI=1S/C12H20N2O3/c1-8(15)7-13-4-5-14-11(16)9-2-3-10(6-9)12(14)17/h8-10,13,15H,2-7H2,1H3. The van der Waals surface area contributed by atoms with Crippen molar-refractivity contribution in [2.24, 2.45) is 11.8 Å². The highest BCUT2D eigenvalue weighted by molar-refractivity contribution is 6.00. The van der Waals surface area contributed by atoms with Crippen LogP contribution in [0.15, 0.2) is 0 Å². The van der Waals surface area contributed by atoms with Gasteiger partial charge in [-0.1, -0.05) is 0 Å². The van der Waals surface area contributed by atoms with E-state index in [0.29, 0.717) is 19.6 Å². The maximum absolute atomic E-state index is 11.9. The first-order chi connectivity index (χ1) is 8.09. The molecule has 0 radical (unpaired) electrons. The van der Waals surface area contributed by atoms with Gasteiger partial charge in [0, 0.05) is 31.5 Å². The van der Waals surface area contributed by atoms with Crippen LogP contribution in [0.1, 0.15) is 26.2 Å². The fourth-order valence-electron chi connectivity index (χ4n) is 2.70. The molecule has 17 heavy (non-hydrogen) atoms. The summed E-state index contributed by atoms with van der Waals surface area (Å²) in [5.74, 6) is 0.161. The van der Waals surface area contributed by atoms with Gasteiger partial charge in [-0.05, 0) is 26.2 Å². The van der Waals surface area contributed by atoms with Crippen molar-refractivity contribution in [3.05, 3.63) is 0 Å². The van der Waals surface area contributed by atoms with Crippen molar-refractivity contribution in [3.63, 3.8) is 0 Å². The first-order valence-corrected chi connectivity index (χ1v) is 6.33. The van der Waals surface area contributed by atoms with Crippen LogP contribution in [0.2, 0.25) is 0 Å². The number of carbonyl (C=O) groups excluding carboxylic acids is 2. The minimum atomic E-state index is -0.404. The van der Waals surface area contributed by atoms with Crippen LogP contribution < -0.4 is 5.32 Å². The second kappa shape index (κ2) is 5.14. The van der Waals surface area contributed by atoms with Crippen molar-refractivity contribution < 1.29 is 14.7 Å². The highest BCUT2D eigenvalue weighted by Crippen LogP contribution is 2.37. The molecule has 2 rings (SSSR count). The average Bonchev–Trinajstić information content (AvgIpc) is 2.72. The van der Waals surface area contributed by atoms with Gasteiger partial charge >= 0.3 is 0 Å². The number of nitrogens with zero attached hydrogens (tertiary/aromatic N) is 1. The number of hydrogen-bond donors (Lipinski definition) is 2. The van der Waals surface area contributed by atoms with Crippen molar-refractivity contribution in [1.29, 1.82) is 0 Å². The number of carbonyl (C=O) groups is 2. The van der Waals surface area contributed by atoms with Crippen molar-refractivity contribution >= 4 is 11.8 Å². The van der Waals surface area contributed by atoms with Gasteiger partial charge in [0.2, 0.25) is 11.8 Å². The summed E-state index contributed by atoms with van der Waals surface area (Å²) in [7, 11) is 0. The summed E-state index contributed by atoms with van der Waals surface area (Å²) < 4.78 is 0. The fraction of sp³-hybridized carbons (Fsp3) is 0.833. The molecule has 2 bridgehead atoms. The van der Waals surface area contributed by atoms with Crippen LogP contribution in [-0.4, -0.2) is 47.6 Å². The Bertz CT molecular complexity index is 295. The zero-order chi connectivity index (χ0) is 12.4. The predicted molar refractivity (Wildman–Crippen MR) is 62.1 cm³/mol. The number of rotatable bonds is 5. The molecule has 2 amide bonds. The van der Waals surface area contributed by atoms with E-state index < -0.39 is 6.10 Å². The lowest BCUT2D eigenvalue weighted by molar-refractivity contribution is -0.152. The molecule has 2 N–H and O–H groups in total. The topological polar surface area (TPSA) is 69.6 Å². The number of fused-ring (bicyclic) bond motifs is 2. The molecule has 0 aromatic rings. The number of imide groups is 1. The number of aliphatic hydroxyl groups is 1. The number of nitrogens with one attached hydrogen (secondary N) is 1. The molecule has 1 saturated heterocycles. The van der Waals surface area contributed by atoms with Gasteiger partial charge in [-0.2, -0.15) is 0 Å². The van der Waals surface area contributed by atoms with E-state index >= 15 is 0 Å². The Morgan fingerprint density at radius 1 is 1.35 bits per heavy atom. The van der Waals surface area contributed by atoms with Crippen LogP contribution in [0.5, 0.6) is 0 Å². The molecular weight excluding hydrogens is 220 g/mol. The van der Waals surface area contributed by atoms with E-state index in [1.54, 1.807) is 6.92 Å². The largest absolute Gasteiger partial charge is 0.392 e. The van der Waals surface area contributed by atoms with E-state index in [-0.39, 0.29) is 23.7 Å². The van der Waals surface area contributed by atoms with Gasteiger partial charge in [0.05, 0.1) is 6.10 Å². The number of hydrogen-bond acceptors (Lipinski definition) is 4. The molecule has 5 heteroatoms.